The van der Waals surface area contributed by atoms with Crippen LogP contribution in [0.1, 0.15) is 35.5 Å². The SMILES string of the molecule is Cc1nc2c(c(N3CCCC(C(N)=O)C3)n1)CN(Cc1ccccc1)CC2. The third kappa shape index (κ3) is 3.95. The Balaban J connectivity index is 1.59. The summed E-state index contributed by atoms with van der Waals surface area (Å²) < 4.78 is 0. The van der Waals surface area contributed by atoms with Gasteiger partial charge < -0.3 is 10.6 Å². The standard InChI is InChI=1S/C21H27N5O/c1-15-23-19-9-11-25(12-16-6-3-2-4-7-16)14-18(19)21(24-15)26-10-5-8-17(13-26)20(22)27/h2-4,6-7,17H,5,8-14H2,1H3,(H2,22,27). The molecule has 1 saturated heterocycles. The average Bonchev–Trinajstić information content (AvgIpc) is 2.68. The normalized spacial score (nSPS) is 20.3. The smallest absolute Gasteiger partial charge is 0.222 e. The van der Waals surface area contributed by atoms with Gasteiger partial charge in [-0.3, -0.25) is 9.69 Å². The van der Waals surface area contributed by atoms with E-state index in [0.29, 0.717) is 6.54 Å². The van der Waals surface area contributed by atoms with Gasteiger partial charge in [-0.2, -0.15) is 0 Å². The van der Waals surface area contributed by atoms with Gasteiger partial charge in [0.05, 0.1) is 11.6 Å². The number of carbonyl (C=O) groups excluding carboxylic acids is 1. The fourth-order valence-corrected chi connectivity index (χ4v) is 4.21. The second kappa shape index (κ2) is 7.64. The minimum Gasteiger partial charge on any atom is -0.369 e. The molecule has 2 aliphatic rings. The maximum atomic E-state index is 11.7. The minimum absolute atomic E-state index is 0.0892. The molecule has 1 fully saturated rings. The van der Waals surface area contributed by atoms with Crippen LogP contribution in [0, 0.1) is 12.8 Å². The van der Waals surface area contributed by atoms with Crippen molar-refractivity contribution in [3.8, 4) is 0 Å². The molecule has 0 aliphatic carbocycles. The first-order valence-corrected chi connectivity index (χ1v) is 9.77. The molecule has 4 rings (SSSR count). The largest absolute Gasteiger partial charge is 0.369 e. The molecule has 0 bridgehead atoms. The van der Waals surface area contributed by atoms with Crippen LogP contribution in [0.15, 0.2) is 30.3 Å². The Bertz CT molecular complexity index is 823. The Morgan fingerprint density at radius 1 is 1.22 bits per heavy atom. The summed E-state index contributed by atoms with van der Waals surface area (Å²) in [6, 6.07) is 10.6. The number of aromatic nitrogens is 2. The molecule has 2 aliphatic heterocycles. The molecular weight excluding hydrogens is 338 g/mol. The number of piperidine rings is 1. The molecular formula is C21H27N5O. The van der Waals surface area contributed by atoms with E-state index in [1.807, 2.05) is 6.92 Å². The number of amides is 1. The Morgan fingerprint density at radius 2 is 2.04 bits per heavy atom. The maximum absolute atomic E-state index is 11.7. The van der Waals surface area contributed by atoms with Gasteiger partial charge in [0.15, 0.2) is 0 Å². The molecule has 2 aromatic rings. The quantitative estimate of drug-likeness (QED) is 0.897. The van der Waals surface area contributed by atoms with E-state index in [9.17, 15) is 4.79 Å². The van der Waals surface area contributed by atoms with Gasteiger partial charge in [0.1, 0.15) is 11.6 Å². The average molecular weight is 365 g/mol. The fraction of sp³-hybridized carbons (Fsp3) is 0.476. The first-order valence-electron chi connectivity index (χ1n) is 9.77. The summed E-state index contributed by atoms with van der Waals surface area (Å²) in [7, 11) is 0. The lowest BCUT2D eigenvalue weighted by Gasteiger charge is -2.36. The molecule has 2 N–H and O–H groups in total. The van der Waals surface area contributed by atoms with Crippen LogP contribution in [0.4, 0.5) is 5.82 Å². The molecule has 0 saturated carbocycles. The number of aryl methyl sites for hydroxylation is 1. The van der Waals surface area contributed by atoms with Gasteiger partial charge in [0.2, 0.25) is 5.91 Å². The van der Waals surface area contributed by atoms with Crippen LogP contribution in [0.2, 0.25) is 0 Å². The van der Waals surface area contributed by atoms with Crippen molar-refractivity contribution in [3.05, 3.63) is 53.0 Å². The number of hydrogen-bond donors (Lipinski definition) is 1. The van der Waals surface area contributed by atoms with Crippen molar-refractivity contribution >= 4 is 11.7 Å². The molecule has 0 spiro atoms. The van der Waals surface area contributed by atoms with E-state index in [0.717, 1.165) is 62.8 Å². The van der Waals surface area contributed by atoms with E-state index in [1.165, 1.54) is 11.1 Å². The number of nitrogens with two attached hydrogens (primary N) is 1. The molecule has 3 heterocycles. The lowest BCUT2D eigenvalue weighted by Crippen LogP contribution is -2.43. The Morgan fingerprint density at radius 3 is 2.81 bits per heavy atom. The Kier molecular flexibility index (Phi) is 5.07. The van der Waals surface area contributed by atoms with Crippen LogP contribution >= 0.6 is 0 Å². The van der Waals surface area contributed by atoms with E-state index in [-0.39, 0.29) is 11.8 Å². The number of nitrogens with zero attached hydrogens (tertiary/aromatic N) is 4. The van der Waals surface area contributed by atoms with Crippen LogP contribution in [0.3, 0.4) is 0 Å². The van der Waals surface area contributed by atoms with Crippen molar-refractivity contribution < 1.29 is 4.79 Å². The predicted molar refractivity (Wildman–Crippen MR) is 105 cm³/mol. The van der Waals surface area contributed by atoms with Gasteiger partial charge in [0.25, 0.3) is 0 Å². The molecule has 6 nitrogen and oxygen atoms in total. The van der Waals surface area contributed by atoms with E-state index < -0.39 is 0 Å². The third-order valence-electron chi connectivity index (χ3n) is 5.60. The number of carbonyl (C=O) groups is 1. The van der Waals surface area contributed by atoms with Crippen molar-refractivity contribution in [2.75, 3.05) is 24.5 Å². The van der Waals surface area contributed by atoms with Gasteiger partial charge in [0, 0.05) is 44.7 Å². The van der Waals surface area contributed by atoms with Gasteiger partial charge in [-0.25, -0.2) is 9.97 Å². The van der Waals surface area contributed by atoms with Crippen molar-refractivity contribution in [2.45, 2.75) is 39.3 Å². The van der Waals surface area contributed by atoms with Gasteiger partial charge in [-0.15, -0.1) is 0 Å². The lowest BCUT2D eigenvalue weighted by atomic mass is 9.96. The Labute approximate surface area is 160 Å². The molecule has 1 atom stereocenters. The molecule has 1 unspecified atom stereocenters. The summed E-state index contributed by atoms with van der Waals surface area (Å²) in [5, 5.41) is 0. The second-order valence-corrected chi connectivity index (χ2v) is 7.65. The van der Waals surface area contributed by atoms with Crippen molar-refractivity contribution in [1.82, 2.24) is 14.9 Å². The summed E-state index contributed by atoms with van der Waals surface area (Å²) in [5.74, 6) is 1.52. The first-order chi connectivity index (χ1) is 13.1. The number of anilines is 1. The van der Waals surface area contributed by atoms with E-state index in [4.69, 9.17) is 15.7 Å². The number of fused-ring (bicyclic) bond motifs is 1. The second-order valence-electron chi connectivity index (χ2n) is 7.65. The number of hydrogen-bond acceptors (Lipinski definition) is 5. The van der Waals surface area contributed by atoms with E-state index >= 15 is 0 Å². The third-order valence-corrected chi connectivity index (χ3v) is 5.60. The highest BCUT2D eigenvalue weighted by molar-refractivity contribution is 5.77. The molecule has 1 aromatic carbocycles. The van der Waals surface area contributed by atoms with E-state index in [1.54, 1.807) is 0 Å². The van der Waals surface area contributed by atoms with E-state index in [2.05, 4.69) is 40.1 Å². The highest BCUT2D eigenvalue weighted by Crippen LogP contribution is 2.30. The molecule has 1 aromatic heterocycles. The van der Waals surface area contributed by atoms with Crippen LogP contribution in [0.25, 0.3) is 0 Å². The summed E-state index contributed by atoms with van der Waals surface area (Å²) in [4.78, 5) is 25.9. The molecule has 1 amide bonds. The summed E-state index contributed by atoms with van der Waals surface area (Å²) in [5.41, 5.74) is 9.27. The topological polar surface area (TPSA) is 75.4 Å². The highest BCUT2D eigenvalue weighted by atomic mass is 16.1. The van der Waals surface area contributed by atoms with Crippen molar-refractivity contribution in [3.63, 3.8) is 0 Å². The van der Waals surface area contributed by atoms with Crippen molar-refractivity contribution in [1.29, 1.82) is 0 Å². The fourth-order valence-electron chi connectivity index (χ4n) is 4.21. The first kappa shape index (κ1) is 17.9. The Hall–Kier alpha value is -2.47. The monoisotopic (exact) mass is 365 g/mol. The molecule has 0 radical (unpaired) electrons. The maximum Gasteiger partial charge on any atom is 0.222 e. The van der Waals surface area contributed by atoms with Crippen LogP contribution in [-0.2, 0) is 24.3 Å². The number of benzene rings is 1. The zero-order valence-electron chi connectivity index (χ0n) is 15.9. The zero-order chi connectivity index (χ0) is 18.8. The number of primary amides is 1. The zero-order valence-corrected chi connectivity index (χ0v) is 15.9. The van der Waals surface area contributed by atoms with Gasteiger partial charge in [-0.05, 0) is 25.3 Å². The van der Waals surface area contributed by atoms with Gasteiger partial charge in [-0.1, -0.05) is 30.3 Å². The molecule has 6 heteroatoms. The molecule has 27 heavy (non-hydrogen) atoms. The number of rotatable bonds is 4. The highest BCUT2D eigenvalue weighted by Gasteiger charge is 2.29. The summed E-state index contributed by atoms with van der Waals surface area (Å²) >= 11 is 0. The molecule has 142 valence electrons. The van der Waals surface area contributed by atoms with Crippen LogP contribution < -0.4 is 10.6 Å². The summed E-state index contributed by atoms with van der Waals surface area (Å²) in [6.07, 6.45) is 2.78. The van der Waals surface area contributed by atoms with Crippen LogP contribution in [0.5, 0.6) is 0 Å². The van der Waals surface area contributed by atoms with Crippen molar-refractivity contribution in [2.24, 2.45) is 11.7 Å². The van der Waals surface area contributed by atoms with Gasteiger partial charge >= 0.3 is 0 Å². The predicted octanol–water partition coefficient (Wildman–Crippen LogP) is 2.05. The minimum atomic E-state index is -0.204. The lowest BCUT2D eigenvalue weighted by molar-refractivity contribution is -0.122. The van der Waals surface area contributed by atoms with Crippen LogP contribution in [-0.4, -0.2) is 40.4 Å². The summed E-state index contributed by atoms with van der Waals surface area (Å²) in [6.45, 7) is 6.31.